The van der Waals surface area contributed by atoms with Crippen LogP contribution >= 0.6 is 11.6 Å². The summed E-state index contributed by atoms with van der Waals surface area (Å²) in [7, 11) is 0. The van der Waals surface area contributed by atoms with Crippen molar-refractivity contribution < 1.29 is 4.79 Å². The molecule has 0 radical (unpaired) electrons. The molecule has 19 heavy (non-hydrogen) atoms. The van der Waals surface area contributed by atoms with E-state index in [9.17, 15) is 4.79 Å². The molecule has 0 amide bonds. The van der Waals surface area contributed by atoms with Crippen molar-refractivity contribution in [2.45, 2.75) is 57.2 Å². The van der Waals surface area contributed by atoms with Crippen molar-refractivity contribution in [2.75, 3.05) is 0 Å². The van der Waals surface area contributed by atoms with Gasteiger partial charge in [-0.15, -0.1) is 0 Å². The zero-order valence-corrected chi connectivity index (χ0v) is 12.1. The highest BCUT2D eigenvalue weighted by molar-refractivity contribution is 6.31. The van der Waals surface area contributed by atoms with Crippen LogP contribution in [0.2, 0.25) is 5.02 Å². The third-order valence-electron chi connectivity index (χ3n) is 4.65. The van der Waals surface area contributed by atoms with Gasteiger partial charge in [0.15, 0.2) is 0 Å². The fraction of sp³-hybridized carbons (Fsp3) is 0.562. The molecule has 2 fully saturated rings. The minimum atomic E-state index is 0.303. The fourth-order valence-electron chi connectivity index (χ4n) is 3.82. The average Bonchev–Trinajstić information content (AvgIpc) is 2.37. The van der Waals surface area contributed by atoms with Crippen molar-refractivity contribution >= 4 is 17.4 Å². The lowest BCUT2D eigenvalue weighted by atomic mass is 9.82. The number of nitrogens with zero attached hydrogens (tertiary/aromatic N) is 1. The Morgan fingerprint density at radius 1 is 1.21 bits per heavy atom. The lowest BCUT2D eigenvalue weighted by molar-refractivity contribution is -0.128. The smallest absolute Gasteiger partial charge is 0.136 e. The number of carbonyl (C=O) groups excluding carboxylic acids is 1. The number of Topliss-reactive ketones (excluding diaryl/α,β-unsaturated/α-hetero) is 1. The summed E-state index contributed by atoms with van der Waals surface area (Å²) in [6.07, 6.45) is 5.01. The molecule has 2 heterocycles. The SMILES string of the molecule is CC(c1ccccc1Cl)N1C2CCCC1CC(=O)C2. The van der Waals surface area contributed by atoms with E-state index in [1.54, 1.807) is 0 Å². The van der Waals surface area contributed by atoms with Crippen molar-refractivity contribution in [3.05, 3.63) is 34.9 Å². The third kappa shape index (κ3) is 2.44. The van der Waals surface area contributed by atoms with Crippen molar-refractivity contribution in [2.24, 2.45) is 0 Å². The molecule has 2 bridgehead atoms. The first-order chi connectivity index (χ1) is 9.16. The van der Waals surface area contributed by atoms with Gasteiger partial charge in [0.05, 0.1) is 0 Å². The first-order valence-electron chi connectivity index (χ1n) is 7.20. The van der Waals surface area contributed by atoms with Crippen molar-refractivity contribution in [1.29, 1.82) is 0 Å². The van der Waals surface area contributed by atoms with Crippen LogP contribution in [0.25, 0.3) is 0 Å². The van der Waals surface area contributed by atoms with Gasteiger partial charge in [-0.3, -0.25) is 9.69 Å². The monoisotopic (exact) mass is 277 g/mol. The van der Waals surface area contributed by atoms with E-state index in [2.05, 4.69) is 17.9 Å². The Morgan fingerprint density at radius 3 is 2.47 bits per heavy atom. The summed E-state index contributed by atoms with van der Waals surface area (Å²) in [6.45, 7) is 2.22. The van der Waals surface area contributed by atoms with Crippen LogP contribution < -0.4 is 0 Å². The molecule has 2 nitrogen and oxygen atoms in total. The average molecular weight is 278 g/mol. The molecule has 102 valence electrons. The standard InChI is InChI=1S/C16H20ClNO/c1-11(15-7-2-3-8-16(15)17)18-12-5-4-6-13(18)10-14(19)9-12/h2-3,7-8,11-13H,4-6,9-10H2,1H3. The molecule has 3 unspecified atom stereocenters. The molecule has 3 atom stereocenters. The van der Waals surface area contributed by atoms with Crippen LogP contribution in [0.1, 0.15) is 50.6 Å². The van der Waals surface area contributed by atoms with Crippen molar-refractivity contribution in [3.8, 4) is 0 Å². The summed E-state index contributed by atoms with van der Waals surface area (Å²) >= 11 is 6.33. The van der Waals surface area contributed by atoms with Gasteiger partial charge in [0.25, 0.3) is 0 Å². The molecule has 2 aliphatic rings. The predicted octanol–water partition coefficient (Wildman–Crippen LogP) is 3.99. The molecule has 0 aromatic heterocycles. The quantitative estimate of drug-likeness (QED) is 0.815. The first-order valence-corrected chi connectivity index (χ1v) is 7.58. The number of rotatable bonds is 2. The maximum Gasteiger partial charge on any atom is 0.136 e. The Kier molecular flexibility index (Phi) is 3.64. The van der Waals surface area contributed by atoms with E-state index >= 15 is 0 Å². The zero-order valence-electron chi connectivity index (χ0n) is 11.3. The lowest BCUT2D eigenvalue weighted by Crippen LogP contribution is -2.53. The molecule has 2 aliphatic heterocycles. The Labute approximate surface area is 119 Å². The molecule has 3 heteroatoms. The zero-order chi connectivity index (χ0) is 13.4. The second-order valence-electron chi connectivity index (χ2n) is 5.83. The number of carbonyl (C=O) groups is 1. The van der Waals surface area contributed by atoms with Gasteiger partial charge in [0.2, 0.25) is 0 Å². The molecular formula is C16H20ClNO. The Balaban J connectivity index is 1.89. The van der Waals surface area contributed by atoms with Crippen molar-refractivity contribution in [1.82, 2.24) is 4.90 Å². The molecule has 0 aliphatic carbocycles. The highest BCUT2D eigenvalue weighted by Crippen LogP contribution is 2.40. The minimum Gasteiger partial charge on any atom is -0.300 e. The van der Waals surface area contributed by atoms with Crippen LogP contribution in [0.15, 0.2) is 24.3 Å². The minimum absolute atomic E-state index is 0.303. The highest BCUT2D eigenvalue weighted by atomic mass is 35.5. The molecule has 1 aromatic carbocycles. The molecule has 1 aromatic rings. The summed E-state index contributed by atoms with van der Waals surface area (Å²) in [6, 6.07) is 9.23. The van der Waals surface area contributed by atoms with Crippen LogP contribution in [0.5, 0.6) is 0 Å². The fourth-order valence-corrected chi connectivity index (χ4v) is 4.11. The molecule has 0 N–H and O–H groups in total. The van der Waals surface area contributed by atoms with Gasteiger partial charge in [0, 0.05) is 36.0 Å². The number of piperidine rings is 2. The molecule has 3 rings (SSSR count). The van der Waals surface area contributed by atoms with Crippen LogP contribution in [0, 0.1) is 0 Å². The van der Waals surface area contributed by atoms with Crippen LogP contribution in [-0.2, 0) is 4.79 Å². The van der Waals surface area contributed by atoms with E-state index in [4.69, 9.17) is 11.6 Å². The second-order valence-corrected chi connectivity index (χ2v) is 6.24. The Morgan fingerprint density at radius 2 is 1.84 bits per heavy atom. The van der Waals surface area contributed by atoms with Gasteiger partial charge < -0.3 is 0 Å². The largest absolute Gasteiger partial charge is 0.300 e. The number of benzene rings is 1. The van der Waals surface area contributed by atoms with Crippen LogP contribution in [0.4, 0.5) is 0 Å². The van der Waals surface area contributed by atoms with Gasteiger partial charge in [-0.25, -0.2) is 0 Å². The van der Waals surface area contributed by atoms with E-state index < -0.39 is 0 Å². The van der Waals surface area contributed by atoms with Crippen molar-refractivity contribution in [3.63, 3.8) is 0 Å². The summed E-state index contributed by atoms with van der Waals surface area (Å²) in [4.78, 5) is 14.3. The van der Waals surface area contributed by atoms with E-state index in [-0.39, 0.29) is 0 Å². The first kappa shape index (κ1) is 13.1. The molecule has 2 saturated heterocycles. The van der Waals surface area contributed by atoms with E-state index in [1.165, 1.54) is 12.0 Å². The molecule has 0 saturated carbocycles. The molecule has 0 spiro atoms. The van der Waals surface area contributed by atoms with Gasteiger partial charge in [-0.05, 0) is 31.4 Å². The summed E-state index contributed by atoms with van der Waals surface area (Å²) < 4.78 is 0. The van der Waals surface area contributed by atoms with Crippen LogP contribution in [-0.4, -0.2) is 22.8 Å². The van der Waals surface area contributed by atoms with Gasteiger partial charge in [0.1, 0.15) is 5.78 Å². The highest BCUT2D eigenvalue weighted by Gasteiger charge is 2.40. The maximum atomic E-state index is 11.8. The van der Waals surface area contributed by atoms with Crippen LogP contribution in [0.3, 0.4) is 0 Å². The van der Waals surface area contributed by atoms with E-state index in [0.29, 0.717) is 23.9 Å². The van der Waals surface area contributed by atoms with Gasteiger partial charge >= 0.3 is 0 Å². The Bertz CT molecular complexity index is 471. The molecular weight excluding hydrogens is 258 g/mol. The summed E-state index contributed by atoms with van der Waals surface area (Å²) in [5.41, 5.74) is 1.19. The number of hydrogen-bond donors (Lipinski definition) is 0. The number of hydrogen-bond acceptors (Lipinski definition) is 2. The van der Waals surface area contributed by atoms with Gasteiger partial charge in [-0.1, -0.05) is 36.2 Å². The number of fused-ring (bicyclic) bond motifs is 2. The second kappa shape index (κ2) is 5.26. The summed E-state index contributed by atoms with van der Waals surface area (Å²) in [5, 5.41) is 0.838. The van der Waals surface area contributed by atoms with Gasteiger partial charge in [-0.2, -0.15) is 0 Å². The summed E-state index contributed by atoms with van der Waals surface area (Å²) in [5.74, 6) is 0.442. The maximum absolute atomic E-state index is 11.8. The number of ketones is 1. The predicted molar refractivity (Wildman–Crippen MR) is 77.4 cm³/mol. The third-order valence-corrected chi connectivity index (χ3v) is 4.99. The lowest BCUT2D eigenvalue weighted by Gasteiger charge is -2.48. The van der Waals surface area contributed by atoms with E-state index in [1.807, 2.05) is 18.2 Å². The van der Waals surface area contributed by atoms with E-state index in [0.717, 1.165) is 30.7 Å². The Hall–Kier alpha value is -0.860. The number of halogens is 1. The normalized spacial score (nSPS) is 29.3. The topological polar surface area (TPSA) is 20.3 Å².